The second-order valence-corrected chi connectivity index (χ2v) is 6.60. The number of likely N-dealkylation sites (N-methyl/N-ethyl adjacent to an activating group) is 1. The average molecular weight is 326 g/mol. The molecule has 0 unspecified atom stereocenters. The third kappa shape index (κ3) is 6.20. The molecule has 0 spiro atoms. The summed E-state index contributed by atoms with van der Waals surface area (Å²) >= 11 is 0. The van der Waals surface area contributed by atoms with E-state index in [0.29, 0.717) is 5.82 Å². The predicted molar refractivity (Wildman–Crippen MR) is 104 cm³/mol. The maximum atomic E-state index is 5.95. The second-order valence-electron chi connectivity index (χ2n) is 6.60. The van der Waals surface area contributed by atoms with Gasteiger partial charge in [0.1, 0.15) is 5.82 Å². The number of unbranched alkanes of at least 4 members (excludes halogenated alkanes) is 1. The molecule has 1 heterocycles. The van der Waals surface area contributed by atoms with E-state index in [1.54, 1.807) is 0 Å². The highest BCUT2D eigenvalue weighted by molar-refractivity contribution is 5.52. The Balaban J connectivity index is 1.99. The standard InChI is InChI=1S/C20H30N4/c1-4-5-11-22-18-14-19(23-20(21)15-18)13-17-8-6-16(7-9-17)10-12-24(2)3/h6-9,14-15H,4-5,10-13H2,1-3H3,(H3,21,22,23). The topological polar surface area (TPSA) is 54.2 Å². The molecule has 1 aromatic carbocycles. The monoisotopic (exact) mass is 326 g/mol. The summed E-state index contributed by atoms with van der Waals surface area (Å²) in [6, 6.07) is 12.8. The van der Waals surface area contributed by atoms with Crippen LogP contribution >= 0.6 is 0 Å². The minimum absolute atomic E-state index is 0.578. The quantitative estimate of drug-likeness (QED) is 0.692. The molecular formula is C20H30N4. The molecule has 2 aromatic rings. The molecule has 0 saturated heterocycles. The molecule has 0 saturated carbocycles. The van der Waals surface area contributed by atoms with Crippen molar-refractivity contribution in [2.24, 2.45) is 0 Å². The van der Waals surface area contributed by atoms with Gasteiger partial charge in [0.25, 0.3) is 0 Å². The summed E-state index contributed by atoms with van der Waals surface area (Å²) in [6.45, 7) is 4.24. The lowest BCUT2D eigenvalue weighted by Crippen LogP contribution is -2.14. The number of nitrogen functional groups attached to an aromatic ring is 1. The molecule has 1 aromatic heterocycles. The Morgan fingerprint density at radius 1 is 1.08 bits per heavy atom. The Morgan fingerprint density at radius 3 is 2.46 bits per heavy atom. The lowest BCUT2D eigenvalue weighted by Gasteiger charge is -2.11. The summed E-state index contributed by atoms with van der Waals surface area (Å²) in [5.41, 5.74) is 10.7. The van der Waals surface area contributed by atoms with Crippen molar-refractivity contribution >= 4 is 11.5 Å². The molecule has 0 atom stereocenters. The van der Waals surface area contributed by atoms with Gasteiger partial charge in [-0.15, -0.1) is 0 Å². The van der Waals surface area contributed by atoms with Crippen LogP contribution < -0.4 is 11.1 Å². The number of hydrogen-bond donors (Lipinski definition) is 2. The van der Waals surface area contributed by atoms with Crippen LogP contribution in [0.15, 0.2) is 36.4 Å². The number of nitrogens with one attached hydrogen (secondary N) is 1. The highest BCUT2D eigenvalue weighted by atomic mass is 15.0. The zero-order valence-corrected chi connectivity index (χ0v) is 15.2. The molecule has 4 heteroatoms. The van der Waals surface area contributed by atoms with Crippen molar-refractivity contribution in [2.45, 2.75) is 32.6 Å². The Kier molecular flexibility index (Phi) is 7.07. The first-order valence-corrected chi connectivity index (χ1v) is 8.79. The van der Waals surface area contributed by atoms with E-state index < -0.39 is 0 Å². The van der Waals surface area contributed by atoms with Crippen molar-refractivity contribution < 1.29 is 0 Å². The molecule has 2 rings (SSSR count). The minimum Gasteiger partial charge on any atom is -0.385 e. The predicted octanol–water partition coefficient (Wildman–Crippen LogP) is 3.57. The molecule has 0 amide bonds. The molecule has 0 radical (unpaired) electrons. The Hall–Kier alpha value is -2.07. The summed E-state index contributed by atoms with van der Waals surface area (Å²) in [7, 11) is 4.21. The van der Waals surface area contributed by atoms with Crippen LogP contribution in [0.3, 0.4) is 0 Å². The van der Waals surface area contributed by atoms with Crippen LogP contribution in [0.25, 0.3) is 0 Å². The molecule has 130 valence electrons. The van der Waals surface area contributed by atoms with Gasteiger partial charge in [-0.2, -0.15) is 0 Å². The molecule has 0 aliphatic rings. The Labute approximate surface area is 146 Å². The zero-order chi connectivity index (χ0) is 17.4. The van der Waals surface area contributed by atoms with Gasteiger partial charge in [0.15, 0.2) is 0 Å². The number of hydrogen-bond acceptors (Lipinski definition) is 4. The van der Waals surface area contributed by atoms with Crippen LogP contribution in [0.2, 0.25) is 0 Å². The molecule has 0 fully saturated rings. The van der Waals surface area contributed by atoms with E-state index in [-0.39, 0.29) is 0 Å². The Morgan fingerprint density at radius 2 is 1.79 bits per heavy atom. The van der Waals surface area contributed by atoms with Crippen molar-refractivity contribution in [1.29, 1.82) is 0 Å². The van der Waals surface area contributed by atoms with Crippen LogP contribution in [0.5, 0.6) is 0 Å². The van der Waals surface area contributed by atoms with Crippen LogP contribution in [-0.2, 0) is 12.8 Å². The van der Waals surface area contributed by atoms with Gasteiger partial charge in [-0.25, -0.2) is 4.98 Å². The lowest BCUT2D eigenvalue weighted by atomic mass is 10.0. The minimum atomic E-state index is 0.578. The van der Waals surface area contributed by atoms with Crippen LogP contribution in [0, 0.1) is 0 Å². The molecular weight excluding hydrogens is 296 g/mol. The molecule has 24 heavy (non-hydrogen) atoms. The molecule has 0 aliphatic heterocycles. The average Bonchev–Trinajstić information content (AvgIpc) is 2.54. The van der Waals surface area contributed by atoms with Crippen molar-refractivity contribution in [1.82, 2.24) is 9.88 Å². The van der Waals surface area contributed by atoms with E-state index in [0.717, 1.165) is 43.7 Å². The third-order valence-corrected chi connectivity index (χ3v) is 4.01. The van der Waals surface area contributed by atoms with E-state index in [4.69, 9.17) is 5.73 Å². The molecule has 3 N–H and O–H groups in total. The first-order valence-electron chi connectivity index (χ1n) is 8.79. The van der Waals surface area contributed by atoms with Gasteiger partial charge < -0.3 is 16.0 Å². The van der Waals surface area contributed by atoms with Crippen molar-refractivity contribution in [3.63, 3.8) is 0 Å². The maximum absolute atomic E-state index is 5.95. The highest BCUT2D eigenvalue weighted by Crippen LogP contribution is 2.17. The van der Waals surface area contributed by atoms with Gasteiger partial charge in [0.05, 0.1) is 0 Å². The first kappa shape index (κ1) is 18.3. The molecule has 4 nitrogen and oxygen atoms in total. The van der Waals surface area contributed by atoms with Gasteiger partial charge in [0, 0.05) is 37.0 Å². The van der Waals surface area contributed by atoms with E-state index in [9.17, 15) is 0 Å². The van der Waals surface area contributed by atoms with Crippen LogP contribution in [0.1, 0.15) is 36.6 Å². The van der Waals surface area contributed by atoms with Crippen molar-refractivity contribution in [3.05, 3.63) is 53.2 Å². The van der Waals surface area contributed by atoms with E-state index >= 15 is 0 Å². The summed E-state index contributed by atoms with van der Waals surface area (Å²) in [5, 5.41) is 3.42. The fraction of sp³-hybridized carbons (Fsp3) is 0.450. The number of anilines is 2. The van der Waals surface area contributed by atoms with Gasteiger partial charge in [-0.1, -0.05) is 37.6 Å². The van der Waals surface area contributed by atoms with E-state index in [1.807, 2.05) is 6.07 Å². The van der Waals surface area contributed by atoms with Crippen molar-refractivity contribution in [3.8, 4) is 0 Å². The van der Waals surface area contributed by atoms with E-state index in [1.165, 1.54) is 17.5 Å². The number of nitrogens with zero attached hydrogens (tertiary/aromatic N) is 2. The lowest BCUT2D eigenvalue weighted by molar-refractivity contribution is 0.413. The number of benzene rings is 1. The van der Waals surface area contributed by atoms with Gasteiger partial charge >= 0.3 is 0 Å². The fourth-order valence-corrected chi connectivity index (χ4v) is 2.60. The summed E-state index contributed by atoms with van der Waals surface area (Å²) in [6.07, 6.45) is 4.23. The third-order valence-electron chi connectivity index (χ3n) is 4.01. The smallest absolute Gasteiger partial charge is 0.125 e. The molecule has 0 aliphatic carbocycles. The Bertz CT molecular complexity index is 620. The van der Waals surface area contributed by atoms with Gasteiger partial charge in [0.2, 0.25) is 0 Å². The number of pyridine rings is 1. The molecule has 0 bridgehead atoms. The fourth-order valence-electron chi connectivity index (χ4n) is 2.60. The normalized spacial score (nSPS) is 11.0. The zero-order valence-electron chi connectivity index (χ0n) is 15.2. The van der Waals surface area contributed by atoms with Crippen LogP contribution in [-0.4, -0.2) is 37.1 Å². The number of rotatable bonds is 9. The number of nitrogens with two attached hydrogens (primary N) is 1. The van der Waals surface area contributed by atoms with Gasteiger partial charge in [-0.3, -0.25) is 0 Å². The van der Waals surface area contributed by atoms with Crippen molar-refractivity contribution in [2.75, 3.05) is 38.2 Å². The maximum Gasteiger partial charge on any atom is 0.125 e. The summed E-state index contributed by atoms with van der Waals surface area (Å²) in [4.78, 5) is 6.68. The van der Waals surface area contributed by atoms with Crippen LogP contribution in [0.4, 0.5) is 11.5 Å². The van der Waals surface area contributed by atoms with Gasteiger partial charge in [-0.05, 0) is 44.1 Å². The highest BCUT2D eigenvalue weighted by Gasteiger charge is 2.03. The summed E-state index contributed by atoms with van der Waals surface area (Å²) in [5.74, 6) is 0.578. The summed E-state index contributed by atoms with van der Waals surface area (Å²) < 4.78 is 0. The SMILES string of the molecule is CCCCNc1cc(N)nc(Cc2ccc(CCN(C)C)cc2)c1. The van der Waals surface area contributed by atoms with E-state index in [2.05, 4.69) is 66.6 Å². The first-order chi connectivity index (χ1) is 11.6. The largest absolute Gasteiger partial charge is 0.385 e. The number of aromatic nitrogens is 1. The second kappa shape index (κ2) is 9.28.